The topological polar surface area (TPSA) is 78.5 Å². The van der Waals surface area contributed by atoms with Gasteiger partial charge in [0.15, 0.2) is 0 Å². The van der Waals surface area contributed by atoms with Crippen LogP contribution in [0.15, 0.2) is 54.6 Å². The lowest BCUT2D eigenvalue weighted by atomic mass is 9.85. The van der Waals surface area contributed by atoms with Gasteiger partial charge in [-0.3, -0.25) is 14.5 Å². The molecule has 1 heterocycles. The van der Waals surface area contributed by atoms with E-state index in [2.05, 4.69) is 24.5 Å². The van der Waals surface area contributed by atoms with Crippen LogP contribution < -0.4 is 10.6 Å². The van der Waals surface area contributed by atoms with Gasteiger partial charge < -0.3 is 10.6 Å². The van der Waals surface area contributed by atoms with Crippen LogP contribution in [-0.2, 0) is 15.1 Å². The average Bonchev–Trinajstić information content (AvgIpc) is 3.03. The molecular formula is C26H32FN3O3. The van der Waals surface area contributed by atoms with Crippen molar-refractivity contribution in [2.45, 2.75) is 58.0 Å². The Balaban J connectivity index is 1.79. The van der Waals surface area contributed by atoms with Gasteiger partial charge in [0.2, 0.25) is 5.91 Å². The number of rotatable bonds is 10. The molecule has 0 aromatic heterocycles. The minimum Gasteiger partial charge on any atom is -0.348 e. The molecule has 0 radical (unpaired) electrons. The van der Waals surface area contributed by atoms with Gasteiger partial charge in [0.25, 0.3) is 5.91 Å². The Kier molecular flexibility index (Phi) is 7.84. The minimum absolute atomic E-state index is 0.221. The second kappa shape index (κ2) is 10.6. The summed E-state index contributed by atoms with van der Waals surface area (Å²) in [6.07, 6.45) is 2.61. The predicted molar refractivity (Wildman–Crippen MR) is 125 cm³/mol. The van der Waals surface area contributed by atoms with Gasteiger partial charge in [0.1, 0.15) is 17.9 Å². The molecule has 2 N–H and O–H groups in total. The molecule has 0 saturated carbocycles. The smallest absolute Gasteiger partial charge is 0.325 e. The van der Waals surface area contributed by atoms with Gasteiger partial charge in [-0.05, 0) is 42.0 Å². The van der Waals surface area contributed by atoms with Crippen molar-refractivity contribution >= 4 is 17.8 Å². The van der Waals surface area contributed by atoms with Gasteiger partial charge in [0, 0.05) is 0 Å². The fourth-order valence-corrected chi connectivity index (χ4v) is 4.27. The van der Waals surface area contributed by atoms with E-state index in [4.69, 9.17) is 0 Å². The molecule has 2 aromatic carbocycles. The van der Waals surface area contributed by atoms with E-state index in [0.717, 1.165) is 23.3 Å². The fraction of sp³-hybridized carbons (Fsp3) is 0.423. The molecule has 1 aliphatic heterocycles. The number of hydrogen-bond donors (Lipinski definition) is 2. The lowest BCUT2D eigenvalue weighted by Crippen LogP contribution is -2.45. The van der Waals surface area contributed by atoms with Crippen molar-refractivity contribution < 1.29 is 18.8 Å². The summed E-state index contributed by atoms with van der Waals surface area (Å²) in [4.78, 5) is 40.2. The number of amides is 4. The zero-order valence-corrected chi connectivity index (χ0v) is 19.4. The molecule has 1 aliphatic rings. The van der Waals surface area contributed by atoms with Crippen molar-refractivity contribution in [3.8, 4) is 0 Å². The first-order valence-electron chi connectivity index (χ1n) is 11.5. The molecule has 0 bridgehead atoms. The minimum atomic E-state index is -1.29. The number of nitrogens with one attached hydrogen (secondary N) is 2. The highest BCUT2D eigenvalue weighted by Gasteiger charge is 2.52. The Morgan fingerprint density at radius 2 is 1.76 bits per heavy atom. The van der Waals surface area contributed by atoms with Gasteiger partial charge in [-0.25, -0.2) is 9.18 Å². The molecule has 2 atom stereocenters. The van der Waals surface area contributed by atoms with Crippen LogP contribution in [0.2, 0.25) is 0 Å². The highest BCUT2D eigenvalue weighted by atomic mass is 19.1. The van der Waals surface area contributed by atoms with E-state index < -0.39 is 29.2 Å². The number of imide groups is 1. The van der Waals surface area contributed by atoms with E-state index in [0.29, 0.717) is 24.3 Å². The number of carbonyl (C=O) groups is 3. The molecule has 2 unspecified atom stereocenters. The maximum atomic E-state index is 13.5. The van der Waals surface area contributed by atoms with Crippen LogP contribution in [0.4, 0.5) is 9.18 Å². The maximum Gasteiger partial charge on any atom is 0.325 e. The quantitative estimate of drug-likeness (QED) is 0.513. The molecule has 1 saturated heterocycles. The van der Waals surface area contributed by atoms with Crippen LogP contribution >= 0.6 is 0 Å². The van der Waals surface area contributed by atoms with Gasteiger partial charge in [-0.15, -0.1) is 0 Å². The Bertz CT molecular complexity index is 978. The lowest BCUT2D eigenvalue weighted by Gasteiger charge is -2.27. The van der Waals surface area contributed by atoms with Crippen LogP contribution in [0.1, 0.15) is 63.6 Å². The first-order valence-corrected chi connectivity index (χ1v) is 11.5. The Morgan fingerprint density at radius 3 is 2.36 bits per heavy atom. The molecule has 1 fully saturated rings. The normalized spacial score (nSPS) is 19.0. The first kappa shape index (κ1) is 24.4. The molecule has 176 valence electrons. The molecular weight excluding hydrogens is 421 g/mol. The number of carbonyl (C=O) groups excluding carboxylic acids is 3. The molecule has 0 spiro atoms. The van der Waals surface area contributed by atoms with Crippen LogP contribution in [0.3, 0.4) is 0 Å². The highest BCUT2D eigenvalue weighted by molar-refractivity contribution is 6.09. The fourth-order valence-electron chi connectivity index (χ4n) is 4.27. The van der Waals surface area contributed by atoms with Crippen molar-refractivity contribution in [3.05, 3.63) is 71.5 Å². The van der Waals surface area contributed by atoms with Gasteiger partial charge in [-0.1, -0.05) is 76.1 Å². The average molecular weight is 454 g/mol. The highest BCUT2D eigenvalue weighted by Crippen LogP contribution is 2.34. The second-order valence-electron chi connectivity index (χ2n) is 9.00. The Hall–Kier alpha value is -3.22. The summed E-state index contributed by atoms with van der Waals surface area (Å²) >= 11 is 0. The lowest BCUT2D eigenvalue weighted by molar-refractivity contribution is -0.135. The largest absolute Gasteiger partial charge is 0.348 e. The monoisotopic (exact) mass is 453 g/mol. The van der Waals surface area contributed by atoms with E-state index >= 15 is 0 Å². The van der Waals surface area contributed by atoms with E-state index in [9.17, 15) is 18.8 Å². The third-order valence-electron chi connectivity index (χ3n) is 5.96. The summed E-state index contributed by atoms with van der Waals surface area (Å²) in [5, 5.41) is 5.78. The van der Waals surface area contributed by atoms with Crippen LogP contribution in [-0.4, -0.2) is 29.3 Å². The third-order valence-corrected chi connectivity index (χ3v) is 5.96. The predicted octanol–water partition coefficient (Wildman–Crippen LogP) is 4.67. The zero-order valence-electron chi connectivity index (χ0n) is 19.4. The molecule has 7 heteroatoms. The van der Waals surface area contributed by atoms with Crippen molar-refractivity contribution in [2.75, 3.05) is 6.54 Å². The Morgan fingerprint density at radius 1 is 1.09 bits per heavy atom. The third kappa shape index (κ3) is 5.59. The van der Waals surface area contributed by atoms with Crippen molar-refractivity contribution in [1.82, 2.24) is 15.5 Å². The van der Waals surface area contributed by atoms with Crippen molar-refractivity contribution in [2.24, 2.45) is 5.92 Å². The van der Waals surface area contributed by atoms with Gasteiger partial charge >= 0.3 is 6.03 Å². The second-order valence-corrected chi connectivity index (χ2v) is 9.00. The van der Waals surface area contributed by atoms with E-state index in [-0.39, 0.29) is 12.6 Å². The standard InChI is InChI=1S/C26H32FN3O3/c1-4-5-15-26(20-11-13-21(27)14-12-20)24(32)30(25(33)29-26)17-23(31)28-22(16-18(2)3)19-9-7-6-8-10-19/h6-14,18,22H,4-5,15-17H2,1-3H3,(H,28,31)(H,29,33). The first-order chi connectivity index (χ1) is 15.8. The van der Waals surface area contributed by atoms with Gasteiger partial charge in [0.05, 0.1) is 6.04 Å². The van der Waals surface area contributed by atoms with Crippen LogP contribution in [0.5, 0.6) is 0 Å². The SMILES string of the molecule is CCCCC1(c2ccc(F)cc2)NC(=O)N(CC(=O)NC(CC(C)C)c2ccccc2)C1=O. The summed E-state index contributed by atoms with van der Waals surface area (Å²) in [5.74, 6) is -0.969. The summed E-state index contributed by atoms with van der Waals surface area (Å²) in [5.41, 5.74) is 0.193. The zero-order chi connectivity index (χ0) is 24.0. The summed E-state index contributed by atoms with van der Waals surface area (Å²) < 4.78 is 13.5. The van der Waals surface area contributed by atoms with E-state index in [1.807, 2.05) is 37.3 Å². The van der Waals surface area contributed by atoms with E-state index in [1.165, 1.54) is 24.3 Å². The number of urea groups is 1. The number of benzene rings is 2. The van der Waals surface area contributed by atoms with Crippen LogP contribution in [0.25, 0.3) is 0 Å². The molecule has 3 rings (SSSR count). The van der Waals surface area contributed by atoms with Gasteiger partial charge in [-0.2, -0.15) is 0 Å². The van der Waals surface area contributed by atoms with Crippen molar-refractivity contribution in [3.63, 3.8) is 0 Å². The molecule has 33 heavy (non-hydrogen) atoms. The molecule has 6 nitrogen and oxygen atoms in total. The maximum absolute atomic E-state index is 13.5. The van der Waals surface area contributed by atoms with E-state index in [1.54, 1.807) is 0 Å². The summed E-state index contributed by atoms with van der Waals surface area (Å²) in [6.45, 7) is 5.76. The molecule has 2 aromatic rings. The summed E-state index contributed by atoms with van der Waals surface area (Å²) in [6, 6.07) is 14.4. The Labute approximate surface area is 194 Å². The van der Waals surface area contributed by atoms with Crippen molar-refractivity contribution in [1.29, 1.82) is 0 Å². The van der Waals surface area contributed by atoms with Crippen LogP contribution in [0, 0.1) is 11.7 Å². The number of hydrogen-bond acceptors (Lipinski definition) is 3. The number of halogens is 1. The number of unbranched alkanes of at least 4 members (excludes halogenated alkanes) is 1. The molecule has 4 amide bonds. The molecule has 0 aliphatic carbocycles. The number of nitrogens with zero attached hydrogens (tertiary/aromatic N) is 1. The summed E-state index contributed by atoms with van der Waals surface area (Å²) in [7, 11) is 0.